The van der Waals surface area contributed by atoms with Gasteiger partial charge in [0.15, 0.2) is 5.11 Å². The fourth-order valence-corrected chi connectivity index (χ4v) is 4.63. The minimum atomic E-state index is -0.531. The van der Waals surface area contributed by atoms with Gasteiger partial charge in [-0.1, -0.05) is 52.3 Å². The highest BCUT2D eigenvalue weighted by Crippen LogP contribution is 2.30. The second-order valence-electron chi connectivity index (χ2n) is 7.35. The maximum Gasteiger partial charge on any atom is 0.270 e. The molecule has 5 nitrogen and oxygen atoms in total. The van der Waals surface area contributed by atoms with E-state index in [0.717, 1.165) is 15.6 Å². The van der Waals surface area contributed by atoms with Crippen molar-refractivity contribution < 1.29 is 14.3 Å². The van der Waals surface area contributed by atoms with Crippen LogP contribution >= 0.6 is 44.1 Å². The third kappa shape index (κ3) is 5.24. The van der Waals surface area contributed by atoms with E-state index in [1.165, 1.54) is 4.90 Å². The summed E-state index contributed by atoms with van der Waals surface area (Å²) < 4.78 is 7.48. The maximum absolute atomic E-state index is 13.3. The Bertz CT molecular complexity index is 1290. The lowest BCUT2D eigenvalue weighted by Gasteiger charge is -2.30. The number of benzene rings is 3. The molecule has 166 valence electrons. The third-order valence-corrected chi connectivity index (χ3v) is 6.40. The van der Waals surface area contributed by atoms with Gasteiger partial charge in [-0.05, 0) is 88.2 Å². The topological polar surface area (TPSA) is 58.6 Å². The lowest BCUT2D eigenvalue weighted by Crippen LogP contribution is -2.54. The standard InChI is InChI=1S/C25H18Br2N2O3S/c1-15-11-18(26)8-9-21(15)29-24(31)19(23(30)28-25(29)33)12-17-7-10-22(20(27)13-17)32-14-16-5-3-2-4-6-16/h2-13H,14H2,1H3,(H,28,30,33)/b19-12+. The Labute approximate surface area is 213 Å². The van der Waals surface area contributed by atoms with E-state index >= 15 is 0 Å². The Morgan fingerprint density at radius 2 is 1.79 bits per heavy atom. The van der Waals surface area contributed by atoms with Crippen molar-refractivity contribution in [1.82, 2.24) is 5.32 Å². The molecule has 33 heavy (non-hydrogen) atoms. The van der Waals surface area contributed by atoms with E-state index in [1.807, 2.05) is 49.4 Å². The molecule has 2 amide bonds. The van der Waals surface area contributed by atoms with Gasteiger partial charge in [-0.2, -0.15) is 0 Å². The molecule has 0 spiro atoms. The highest BCUT2D eigenvalue weighted by atomic mass is 79.9. The number of aryl methyl sites for hydroxylation is 1. The number of ether oxygens (including phenoxy) is 1. The molecule has 1 heterocycles. The number of hydrogen-bond donors (Lipinski definition) is 1. The molecule has 1 saturated heterocycles. The quantitative estimate of drug-likeness (QED) is 0.229. The van der Waals surface area contributed by atoms with Crippen LogP contribution in [0.25, 0.3) is 6.08 Å². The van der Waals surface area contributed by atoms with Crippen molar-refractivity contribution >= 4 is 72.8 Å². The normalized spacial score (nSPS) is 15.1. The van der Waals surface area contributed by atoms with Crippen molar-refractivity contribution in [1.29, 1.82) is 0 Å². The molecule has 0 bridgehead atoms. The smallest absolute Gasteiger partial charge is 0.270 e. The fourth-order valence-electron chi connectivity index (χ4n) is 3.37. The second kappa shape index (κ2) is 9.99. The molecule has 0 radical (unpaired) electrons. The van der Waals surface area contributed by atoms with Crippen molar-refractivity contribution in [3.63, 3.8) is 0 Å². The van der Waals surface area contributed by atoms with Crippen LogP contribution in [-0.2, 0) is 16.2 Å². The van der Waals surface area contributed by atoms with E-state index in [9.17, 15) is 9.59 Å². The zero-order valence-corrected chi connectivity index (χ0v) is 21.5. The minimum absolute atomic E-state index is 0.00391. The summed E-state index contributed by atoms with van der Waals surface area (Å²) in [5, 5.41) is 2.67. The molecule has 4 rings (SSSR count). The van der Waals surface area contributed by atoms with Crippen LogP contribution in [-0.4, -0.2) is 16.9 Å². The van der Waals surface area contributed by atoms with E-state index < -0.39 is 11.8 Å². The first-order valence-electron chi connectivity index (χ1n) is 9.97. The number of nitrogens with zero attached hydrogens (tertiary/aromatic N) is 1. The van der Waals surface area contributed by atoms with E-state index in [-0.39, 0.29) is 10.7 Å². The number of anilines is 1. The molecule has 3 aromatic rings. The highest BCUT2D eigenvalue weighted by molar-refractivity contribution is 9.10. The molecule has 0 aliphatic carbocycles. The third-order valence-electron chi connectivity index (χ3n) is 5.01. The lowest BCUT2D eigenvalue weighted by molar-refractivity contribution is -0.122. The Balaban J connectivity index is 1.59. The van der Waals surface area contributed by atoms with Crippen molar-refractivity contribution in [2.45, 2.75) is 13.5 Å². The van der Waals surface area contributed by atoms with Crippen LogP contribution in [0, 0.1) is 6.92 Å². The predicted octanol–water partition coefficient (Wildman–Crippen LogP) is 5.93. The first-order chi connectivity index (χ1) is 15.8. The molecule has 1 fully saturated rings. The van der Waals surface area contributed by atoms with Crippen LogP contribution in [0.2, 0.25) is 0 Å². The van der Waals surface area contributed by atoms with Gasteiger partial charge in [0, 0.05) is 4.47 Å². The number of halogens is 2. The van der Waals surface area contributed by atoms with Gasteiger partial charge in [0.25, 0.3) is 11.8 Å². The predicted molar refractivity (Wildman–Crippen MR) is 140 cm³/mol. The zero-order valence-electron chi connectivity index (χ0n) is 17.5. The summed E-state index contributed by atoms with van der Waals surface area (Å²) in [7, 11) is 0. The zero-order chi connectivity index (χ0) is 23.5. The summed E-state index contributed by atoms with van der Waals surface area (Å²) >= 11 is 12.2. The van der Waals surface area contributed by atoms with Gasteiger partial charge in [0.05, 0.1) is 10.2 Å². The van der Waals surface area contributed by atoms with Crippen LogP contribution in [0.1, 0.15) is 16.7 Å². The number of carbonyl (C=O) groups excluding carboxylic acids is 2. The molecule has 0 atom stereocenters. The van der Waals surface area contributed by atoms with Crippen LogP contribution in [0.15, 0.2) is 81.2 Å². The summed E-state index contributed by atoms with van der Waals surface area (Å²) in [5.41, 5.74) is 3.19. The van der Waals surface area contributed by atoms with Crippen molar-refractivity contribution in [2.24, 2.45) is 0 Å². The molecular formula is C25H18Br2N2O3S. The van der Waals surface area contributed by atoms with E-state index in [2.05, 4.69) is 37.2 Å². The van der Waals surface area contributed by atoms with Crippen LogP contribution < -0.4 is 15.0 Å². The molecule has 1 aliphatic heterocycles. The van der Waals surface area contributed by atoms with E-state index in [1.54, 1.807) is 30.3 Å². The van der Waals surface area contributed by atoms with Gasteiger partial charge in [-0.3, -0.25) is 19.8 Å². The lowest BCUT2D eigenvalue weighted by atomic mass is 10.1. The second-order valence-corrected chi connectivity index (χ2v) is 9.51. The molecule has 3 aromatic carbocycles. The molecule has 1 N–H and O–H groups in total. The maximum atomic E-state index is 13.3. The van der Waals surface area contributed by atoms with E-state index in [0.29, 0.717) is 28.1 Å². The average Bonchev–Trinajstić information content (AvgIpc) is 2.78. The molecule has 0 unspecified atom stereocenters. The monoisotopic (exact) mass is 584 g/mol. The summed E-state index contributed by atoms with van der Waals surface area (Å²) in [6.07, 6.45) is 1.55. The average molecular weight is 586 g/mol. The Morgan fingerprint density at radius 1 is 1.03 bits per heavy atom. The van der Waals surface area contributed by atoms with Gasteiger partial charge >= 0.3 is 0 Å². The van der Waals surface area contributed by atoms with E-state index in [4.69, 9.17) is 17.0 Å². The Kier molecular flexibility index (Phi) is 7.07. The van der Waals surface area contributed by atoms with Gasteiger partial charge in [0.2, 0.25) is 0 Å². The SMILES string of the molecule is Cc1cc(Br)ccc1N1C(=O)/C(=C/c2ccc(OCc3ccccc3)c(Br)c2)C(=O)NC1=S. The fraction of sp³-hybridized carbons (Fsp3) is 0.0800. The van der Waals surface area contributed by atoms with Crippen LogP contribution in [0.5, 0.6) is 5.75 Å². The van der Waals surface area contributed by atoms with Gasteiger partial charge in [-0.15, -0.1) is 0 Å². The number of amides is 2. The molecule has 0 saturated carbocycles. The summed E-state index contributed by atoms with van der Waals surface area (Å²) in [4.78, 5) is 27.2. The van der Waals surface area contributed by atoms with Gasteiger partial charge < -0.3 is 4.74 Å². The van der Waals surface area contributed by atoms with Gasteiger partial charge in [-0.25, -0.2) is 0 Å². The summed E-state index contributed by atoms with van der Waals surface area (Å²) in [6.45, 7) is 2.31. The van der Waals surface area contributed by atoms with Crippen molar-refractivity contribution in [3.05, 3.63) is 97.9 Å². The number of hydrogen-bond acceptors (Lipinski definition) is 4. The minimum Gasteiger partial charge on any atom is -0.488 e. The first-order valence-corrected chi connectivity index (χ1v) is 12.0. The first kappa shape index (κ1) is 23.4. The molecule has 0 aromatic heterocycles. The largest absolute Gasteiger partial charge is 0.488 e. The summed E-state index contributed by atoms with van der Waals surface area (Å²) in [5.74, 6) is -0.347. The van der Waals surface area contributed by atoms with Crippen LogP contribution in [0.4, 0.5) is 5.69 Å². The van der Waals surface area contributed by atoms with Gasteiger partial charge in [0.1, 0.15) is 17.9 Å². The number of thiocarbonyl (C=S) groups is 1. The number of carbonyl (C=O) groups is 2. The summed E-state index contributed by atoms with van der Waals surface area (Å²) in [6, 6.07) is 20.7. The van der Waals surface area contributed by atoms with Crippen LogP contribution in [0.3, 0.4) is 0 Å². The molecule has 1 aliphatic rings. The molecule has 8 heteroatoms. The van der Waals surface area contributed by atoms with Crippen molar-refractivity contribution in [2.75, 3.05) is 4.90 Å². The Morgan fingerprint density at radius 3 is 2.48 bits per heavy atom. The van der Waals surface area contributed by atoms with Crippen molar-refractivity contribution in [3.8, 4) is 5.75 Å². The Hall–Kier alpha value is -2.81. The number of nitrogens with one attached hydrogen (secondary N) is 1. The molecular weight excluding hydrogens is 568 g/mol. The number of rotatable bonds is 5. The highest BCUT2D eigenvalue weighted by Gasteiger charge is 2.35.